The molecular formula is C18H24ClN3O5. The van der Waals surface area contributed by atoms with Crippen LogP contribution in [0.3, 0.4) is 0 Å². The second-order valence-electron chi connectivity index (χ2n) is 5.43. The van der Waals surface area contributed by atoms with Crippen LogP contribution in [-0.2, 0) is 6.54 Å². The smallest absolute Gasteiger partial charge is 0.269 e. The number of hydrogen-bond acceptors (Lipinski definition) is 7. The molecule has 148 valence electrons. The molecule has 0 amide bonds. The standard InChI is InChI=1S/C18H23N3O5.ClH/c1-24-16-11-18(26-3)17(25-2)10-13(16)12-19-8-9-20-14-4-6-15(7-5-14)21(22)23;/h4-7,10-11,19-20H,8-9,12H2,1-3H3;1H. The zero-order valence-corrected chi connectivity index (χ0v) is 16.3. The molecule has 27 heavy (non-hydrogen) atoms. The van der Waals surface area contributed by atoms with Gasteiger partial charge in [-0.15, -0.1) is 12.4 Å². The molecule has 2 aromatic rings. The number of ether oxygens (including phenoxy) is 3. The Morgan fingerprint density at radius 2 is 1.52 bits per heavy atom. The first-order chi connectivity index (χ1) is 12.6. The third-order valence-corrected chi connectivity index (χ3v) is 3.81. The number of methoxy groups -OCH3 is 3. The minimum Gasteiger partial charge on any atom is -0.496 e. The third-order valence-electron chi connectivity index (χ3n) is 3.81. The van der Waals surface area contributed by atoms with Crippen LogP contribution in [0.25, 0.3) is 0 Å². The van der Waals surface area contributed by atoms with Crippen LogP contribution in [0.15, 0.2) is 36.4 Å². The number of nitrogens with zero attached hydrogens (tertiary/aromatic N) is 1. The normalized spacial score (nSPS) is 9.89. The number of halogens is 1. The van der Waals surface area contributed by atoms with Gasteiger partial charge in [-0.25, -0.2) is 0 Å². The van der Waals surface area contributed by atoms with E-state index in [4.69, 9.17) is 14.2 Å². The Labute approximate surface area is 164 Å². The Morgan fingerprint density at radius 3 is 2.07 bits per heavy atom. The summed E-state index contributed by atoms with van der Waals surface area (Å²) >= 11 is 0. The van der Waals surface area contributed by atoms with Crippen LogP contribution in [-0.4, -0.2) is 39.3 Å². The maximum atomic E-state index is 10.6. The van der Waals surface area contributed by atoms with Gasteiger partial charge in [0.25, 0.3) is 5.69 Å². The van der Waals surface area contributed by atoms with Crippen molar-refractivity contribution in [2.45, 2.75) is 6.54 Å². The lowest BCUT2D eigenvalue weighted by molar-refractivity contribution is -0.384. The molecule has 0 saturated carbocycles. The predicted molar refractivity (Wildman–Crippen MR) is 107 cm³/mol. The fraction of sp³-hybridized carbons (Fsp3) is 0.333. The number of nitrogens with one attached hydrogen (secondary N) is 2. The Balaban J connectivity index is 0.00000364. The molecule has 9 heteroatoms. The molecule has 0 saturated heterocycles. The predicted octanol–water partition coefficient (Wildman–Crippen LogP) is 3.24. The lowest BCUT2D eigenvalue weighted by Gasteiger charge is -2.15. The summed E-state index contributed by atoms with van der Waals surface area (Å²) in [6, 6.07) is 10.0. The molecule has 0 aliphatic rings. The van der Waals surface area contributed by atoms with Gasteiger partial charge < -0.3 is 24.8 Å². The molecule has 2 rings (SSSR count). The van der Waals surface area contributed by atoms with Crippen molar-refractivity contribution < 1.29 is 19.1 Å². The van der Waals surface area contributed by atoms with Crippen molar-refractivity contribution in [2.24, 2.45) is 0 Å². The van der Waals surface area contributed by atoms with Gasteiger partial charge in [0.15, 0.2) is 11.5 Å². The topological polar surface area (TPSA) is 94.9 Å². The van der Waals surface area contributed by atoms with E-state index >= 15 is 0 Å². The van der Waals surface area contributed by atoms with Gasteiger partial charge in [0.05, 0.1) is 26.3 Å². The van der Waals surface area contributed by atoms with Crippen molar-refractivity contribution in [3.63, 3.8) is 0 Å². The highest BCUT2D eigenvalue weighted by Crippen LogP contribution is 2.34. The van der Waals surface area contributed by atoms with Crippen molar-refractivity contribution in [2.75, 3.05) is 39.7 Å². The number of benzene rings is 2. The molecule has 0 radical (unpaired) electrons. The van der Waals surface area contributed by atoms with Gasteiger partial charge in [0.1, 0.15) is 5.75 Å². The number of rotatable bonds is 10. The highest BCUT2D eigenvalue weighted by molar-refractivity contribution is 5.85. The average molecular weight is 398 g/mol. The van der Waals surface area contributed by atoms with Gasteiger partial charge in [-0.1, -0.05) is 0 Å². The molecule has 0 heterocycles. The van der Waals surface area contributed by atoms with Crippen molar-refractivity contribution >= 4 is 23.8 Å². The van der Waals surface area contributed by atoms with Gasteiger partial charge >= 0.3 is 0 Å². The Hall–Kier alpha value is -2.71. The van der Waals surface area contributed by atoms with Crippen LogP contribution in [0.5, 0.6) is 17.2 Å². The summed E-state index contributed by atoms with van der Waals surface area (Å²) in [6.07, 6.45) is 0. The molecule has 0 aliphatic carbocycles. The quantitative estimate of drug-likeness (QED) is 0.361. The van der Waals surface area contributed by atoms with Crippen LogP contribution >= 0.6 is 12.4 Å². The van der Waals surface area contributed by atoms with E-state index < -0.39 is 4.92 Å². The zero-order chi connectivity index (χ0) is 18.9. The van der Waals surface area contributed by atoms with Crippen LogP contribution in [0.2, 0.25) is 0 Å². The first-order valence-corrected chi connectivity index (χ1v) is 8.07. The van der Waals surface area contributed by atoms with Crippen LogP contribution in [0.1, 0.15) is 5.56 Å². The van der Waals surface area contributed by atoms with Crippen molar-refractivity contribution in [3.8, 4) is 17.2 Å². The number of anilines is 1. The summed E-state index contributed by atoms with van der Waals surface area (Å²) in [6.45, 7) is 1.98. The highest BCUT2D eigenvalue weighted by Gasteiger charge is 2.11. The fourth-order valence-corrected chi connectivity index (χ4v) is 2.45. The summed E-state index contributed by atoms with van der Waals surface area (Å²) in [4.78, 5) is 10.2. The van der Waals surface area contributed by atoms with Gasteiger partial charge in [-0.3, -0.25) is 10.1 Å². The van der Waals surface area contributed by atoms with E-state index in [0.717, 1.165) is 17.0 Å². The third kappa shape index (κ3) is 6.19. The second kappa shape index (κ2) is 11.1. The summed E-state index contributed by atoms with van der Waals surface area (Å²) < 4.78 is 16.0. The van der Waals surface area contributed by atoms with Crippen LogP contribution in [0, 0.1) is 10.1 Å². The second-order valence-corrected chi connectivity index (χ2v) is 5.43. The minimum absolute atomic E-state index is 0. The van der Waals surface area contributed by atoms with Gasteiger partial charge in [-0.05, 0) is 18.2 Å². The number of nitro benzene ring substituents is 1. The van der Waals surface area contributed by atoms with Crippen molar-refractivity contribution in [1.82, 2.24) is 5.32 Å². The van der Waals surface area contributed by atoms with Crippen molar-refractivity contribution in [1.29, 1.82) is 0 Å². The molecule has 0 spiro atoms. The largest absolute Gasteiger partial charge is 0.496 e. The van der Waals surface area contributed by atoms with E-state index in [0.29, 0.717) is 31.1 Å². The molecule has 0 aliphatic heterocycles. The molecule has 0 fully saturated rings. The lowest BCUT2D eigenvalue weighted by atomic mass is 10.1. The molecular weight excluding hydrogens is 374 g/mol. The Bertz CT molecular complexity index is 741. The molecule has 0 atom stereocenters. The van der Waals surface area contributed by atoms with E-state index in [1.54, 1.807) is 39.5 Å². The molecule has 2 aromatic carbocycles. The van der Waals surface area contributed by atoms with E-state index in [-0.39, 0.29) is 18.1 Å². The van der Waals surface area contributed by atoms with Gasteiger partial charge in [-0.2, -0.15) is 0 Å². The summed E-state index contributed by atoms with van der Waals surface area (Å²) in [5.74, 6) is 1.99. The number of non-ortho nitro benzene ring substituents is 1. The molecule has 0 unspecified atom stereocenters. The summed E-state index contributed by atoms with van der Waals surface area (Å²) in [5, 5.41) is 17.2. The fourth-order valence-electron chi connectivity index (χ4n) is 2.45. The van der Waals surface area contributed by atoms with Crippen LogP contribution in [0.4, 0.5) is 11.4 Å². The van der Waals surface area contributed by atoms with E-state index in [2.05, 4.69) is 10.6 Å². The lowest BCUT2D eigenvalue weighted by Crippen LogP contribution is -2.22. The summed E-state index contributed by atoms with van der Waals surface area (Å²) in [5.41, 5.74) is 1.87. The highest BCUT2D eigenvalue weighted by atomic mass is 35.5. The van der Waals surface area contributed by atoms with E-state index in [1.807, 2.05) is 6.07 Å². The Kier molecular flexibility index (Phi) is 9.18. The van der Waals surface area contributed by atoms with Gasteiger partial charge in [0, 0.05) is 49.1 Å². The van der Waals surface area contributed by atoms with E-state index in [1.165, 1.54) is 12.1 Å². The maximum Gasteiger partial charge on any atom is 0.269 e. The maximum absolute atomic E-state index is 10.6. The average Bonchev–Trinajstić information content (AvgIpc) is 2.67. The first kappa shape index (κ1) is 22.3. The zero-order valence-electron chi connectivity index (χ0n) is 15.5. The minimum atomic E-state index is -0.415. The first-order valence-electron chi connectivity index (χ1n) is 8.07. The molecule has 0 bridgehead atoms. The Morgan fingerprint density at radius 1 is 0.926 bits per heavy atom. The SMILES string of the molecule is COc1cc(OC)c(OC)cc1CNCCNc1ccc([N+](=O)[O-])cc1.Cl. The monoisotopic (exact) mass is 397 g/mol. The van der Waals surface area contributed by atoms with Crippen molar-refractivity contribution in [3.05, 3.63) is 52.1 Å². The van der Waals surface area contributed by atoms with E-state index in [9.17, 15) is 10.1 Å². The number of nitro groups is 1. The van der Waals surface area contributed by atoms with Crippen LogP contribution < -0.4 is 24.8 Å². The molecule has 0 aromatic heterocycles. The summed E-state index contributed by atoms with van der Waals surface area (Å²) in [7, 11) is 4.79. The molecule has 2 N–H and O–H groups in total. The van der Waals surface area contributed by atoms with Gasteiger partial charge in [0.2, 0.25) is 0 Å². The molecule has 8 nitrogen and oxygen atoms in total. The number of hydrogen-bond donors (Lipinski definition) is 2.